The summed E-state index contributed by atoms with van der Waals surface area (Å²) in [4.78, 5) is 28.9. The summed E-state index contributed by atoms with van der Waals surface area (Å²) in [5.41, 5.74) is 1.80. The second-order valence-electron chi connectivity index (χ2n) is 9.25. The molecule has 0 aromatic heterocycles. The average Bonchev–Trinajstić information content (AvgIpc) is 3.00. The van der Waals surface area contributed by atoms with E-state index in [1.54, 1.807) is 18.2 Å². The van der Waals surface area contributed by atoms with E-state index in [1.807, 2.05) is 60.7 Å². The van der Waals surface area contributed by atoms with Crippen LogP contribution in [0.4, 0.5) is 5.69 Å². The number of amides is 2. The molecule has 1 N–H and O–H groups in total. The molecule has 0 heterocycles. The van der Waals surface area contributed by atoms with Gasteiger partial charge >= 0.3 is 0 Å². The summed E-state index contributed by atoms with van der Waals surface area (Å²) in [7, 11) is -2.70. The maximum absolute atomic E-state index is 14.2. The van der Waals surface area contributed by atoms with E-state index in [4.69, 9.17) is 23.2 Å². The third-order valence-electron chi connectivity index (χ3n) is 6.51. The van der Waals surface area contributed by atoms with Crippen molar-refractivity contribution in [3.63, 3.8) is 0 Å². The number of nitrogens with zero attached hydrogens (tertiary/aromatic N) is 2. The number of benzene rings is 4. The zero-order valence-electron chi connectivity index (χ0n) is 22.3. The molecule has 0 unspecified atom stereocenters. The Kier molecular flexibility index (Phi) is 10.0. The standard InChI is InChI=1S/C31H29Cl2N3O4S/c1-34-31(38)29(19-23-11-5-2-6-12-23)35(21-24-13-7-3-8-14-24)30(37)22-36(25-17-18-27(32)28(33)20-25)41(39,40)26-15-9-4-10-16-26/h2-18,20,29H,19,21-22H2,1H3,(H,34,38)/t29-/m0/s1. The van der Waals surface area contributed by atoms with E-state index >= 15 is 0 Å². The fourth-order valence-electron chi connectivity index (χ4n) is 4.39. The number of anilines is 1. The fourth-order valence-corrected chi connectivity index (χ4v) is 6.11. The van der Waals surface area contributed by atoms with Crippen molar-refractivity contribution in [2.45, 2.75) is 23.9 Å². The van der Waals surface area contributed by atoms with Gasteiger partial charge in [-0.2, -0.15) is 0 Å². The Morgan fingerprint density at radius 2 is 1.34 bits per heavy atom. The Morgan fingerprint density at radius 1 is 0.780 bits per heavy atom. The zero-order chi connectivity index (χ0) is 29.4. The highest BCUT2D eigenvalue weighted by Crippen LogP contribution is 2.31. The lowest BCUT2D eigenvalue weighted by atomic mass is 10.0. The van der Waals surface area contributed by atoms with Gasteiger partial charge in [0.2, 0.25) is 11.8 Å². The second-order valence-corrected chi connectivity index (χ2v) is 11.9. The van der Waals surface area contributed by atoms with E-state index in [9.17, 15) is 18.0 Å². The molecule has 4 rings (SSSR count). The fraction of sp³-hybridized carbons (Fsp3) is 0.161. The van der Waals surface area contributed by atoms with Gasteiger partial charge < -0.3 is 10.2 Å². The van der Waals surface area contributed by atoms with Crippen LogP contribution >= 0.6 is 23.2 Å². The van der Waals surface area contributed by atoms with Gasteiger partial charge in [0.25, 0.3) is 10.0 Å². The highest BCUT2D eigenvalue weighted by molar-refractivity contribution is 7.92. The van der Waals surface area contributed by atoms with Crippen molar-refractivity contribution in [2.24, 2.45) is 0 Å². The first-order valence-corrected chi connectivity index (χ1v) is 15.0. The van der Waals surface area contributed by atoms with Crippen molar-refractivity contribution >= 4 is 50.7 Å². The summed E-state index contributed by atoms with van der Waals surface area (Å²) in [6.45, 7) is -0.491. The van der Waals surface area contributed by atoms with E-state index < -0.39 is 28.5 Å². The topological polar surface area (TPSA) is 86.8 Å². The molecule has 0 aliphatic carbocycles. The number of halogens is 2. The molecule has 2 amide bonds. The Bertz CT molecular complexity index is 1590. The summed E-state index contributed by atoms with van der Waals surface area (Å²) in [6.07, 6.45) is 0.233. The largest absolute Gasteiger partial charge is 0.357 e. The van der Waals surface area contributed by atoms with Gasteiger partial charge in [-0.25, -0.2) is 8.42 Å². The molecule has 0 radical (unpaired) electrons. The van der Waals surface area contributed by atoms with E-state index in [0.29, 0.717) is 0 Å². The number of sulfonamides is 1. The number of carbonyl (C=O) groups excluding carboxylic acids is 2. The molecule has 41 heavy (non-hydrogen) atoms. The molecule has 0 saturated carbocycles. The summed E-state index contributed by atoms with van der Waals surface area (Å²) < 4.78 is 28.8. The Morgan fingerprint density at radius 3 is 1.90 bits per heavy atom. The number of likely N-dealkylation sites (N-methyl/N-ethyl adjacent to an activating group) is 1. The molecule has 1 atom stereocenters. The minimum atomic E-state index is -4.21. The summed E-state index contributed by atoms with van der Waals surface area (Å²) in [6, 6.07) is 29.8. The molecule has 4 aromatic rings. The van der Waals surface area contributed by atoms with E-state index in [-0.39, 0.29) is 39.5 Å². The summed E-state index contributed by atoms with van der Waals surface area (Å²) in [5.74, 6) is -0.936. The van der Waals surface area contributed by atoms with Crippen molar-refractivity contribution in [1.29, 1.82) is 0 Å². The lowest BCUT2D eigenvalue weighted by molar-refractivity contribution is -0.139. The quantitative estimate of drug-likeness (QED) is 0.241. The van der Waals surface area contributed by atoms with Crippen LogP contribution in [-0.2, 0) is 32.6 Å². The molecular weight excluding hydrogens is 581 g/mol. The molecule has 0 aliphatic heterocycles. The number of hydrogen-bond donors (Lipinski definition) is 1. The second kappa shape index (κ2) is 13.7. The van der Waals surface area contributed by atoms with Gasteiger partial charge in [-0.1, -0.05) is 102 Å². The predicted octanol–water partition coefficient (Wildman–Crippen LogP) is 5.57. The van der Waals surface area contributed by atoms with Crippen LogP contribution < -0.4 is 9.62 Å². The van der Waals surface area contributed by atoms with Gasteiger partial charge in [0.05, 0.1) is 20.6 Å². The number of hydrogen-bond acceptors (Lipinski definition) is 4. The predicted molar refractivity (Wildman–Crippen MR) is 162 cm³/mol. The molecular formula is C31H29Cl2N3O4S. The number of nitrogens with one attached hydrogen (secondary N) is 1. The van der Waals surface area contributed by atoms with Gasteiger partial charge in [-0.05, 0) is 41.5 Å². The SMILES string of the molecule is CNC(=O)[C@H](Cc1ccccc1)N(Cc1ccccc1)C(=O)CN(c1ccc(Cl)c(Cl)c1)S(=O)(=O)c1ccccc1. The van der Waals surface area contributed by atoms with Crippen molar-refractivity contribution in [2.75, 3.05) is 17.9 Å². The maximum atomic E-state index is 14.2. The van der Waals surface area contributed by atoms with Crippen LogP contribution in [-0.4, -0.2) is 44.8 Å². The minimum absolute atomic E-state index is 0.000573. The van der Waals surface area contributed by atoms with Crippen molar-refractivity contribution in [3.8, 4) is 0 Å². The highest BCUT2D eigenvalue weighted by Gasteiger charge is 2.34. The minimum Gasteiger partial charge on any atom is -0.357 e. The van der Waals surface area contributed by atoms with Crippen LogP contribution in [0, 0.1) is 0 Å². The monoisotopic (exact) mass is 609 g/mol. The summed E-state index contributed by atoms with van der Waals surface area (Å²) in [5, 5.41) is 3.04. The molecule has 10 heteroatoms. The van der Waals surface area contributed by atoms with Gasteiger partial charge in [-0.15, -0.1) is 0 Å². The van der Waals surface area contributed by atoms with Crippen LogP contribution in [0.1, 0.15) is 11.1 Å². The van der Waals surface area contributed by atoms with Crippen molar-refractivity contribution in [3.05, 3.63) is 130 Å². The normalized spacial score (nSPS) is 11.9. The third kappa shape index (κ3) is 7.47. The Hall–Kier alpha value is -3.85. The molecule has 4 aromatic carbocycles. The van der Waals surface area contributed by atoms with Gasteiger partial charge in [0.1, 0.15) is 12.6 Å². The first kappa shape index (κ1) is 30.1. The third-order valence-corrected chi connectivity index (χ3v) is 9.04. The van der Waals surface area contributed by atoms with Gasteiger partial charge in [0, 0.05) is 20.0 Å². The van der Waals surface area contributed by atoms with Crippen LogP contribution in [0.15, 0.2) is 114 Å². The Balaban J connectivity index is 1.78. The molecule has 0 saturated heterocycles. The lowest BCUT2D eigenvalue weighted by Crippen LogP contribution is -2.53. The van der Waals surface area contributed by atoms with Crippen molar-refractivity contribution in [1.82, 2.24) is 10.2 Å². The number of carbonyl (C=O) groups is 2. The smallest absolute Gasteiger partial charge is 0.264 e. The molecule has 212 valence electrons. The molecule has 0 bridgehead atoms. The van der Waals surface area contributed by atoms with Crippen LogP contribution in [0.25, 0.3) is 0 Å². The molecule has 0 fully saturated rings. The van der Waals surface area contributed by atoms with Crippen molar-refractivity contribution < 1.29 is 18.0 Å². The summed E-state index contributed by atoms with van der Waals surface area (Å²) >= 11 is 12.4. The van der Waals surface area contributed by atoms with E-state index in [0.717, 1.165) is 15.4 Å². The van der Waals surface area contributed by atoms with Crippen LogP contribution in [0.3, 0.4) is 0 Å². The molecule has 0 spiro atoms. The molecule has 7 nitrogen and oxygen atoms in total. The first-order chi connectivity index (χ1) is 19.7. The first-order valence-electron chi connectivity index (χ1n) is 12.8. The van der Waals surface area contributed by atoms with Gasteiger partial charge in [0.15, 0.2) is 0 Å². The highest BCUT2D eigenvalue weighted by atomic mass is 35.5. The maximum Gasteiger partial charge on any atom is 0.264 e. The Labute approximate surface area is 250 Å². The van der Waals surface area contributed by atoms with Crippen LogP contribution in [0.2, 0.25) is 10.0 Å². The molecule has 0 aliphatic rings. The zero-order valence-corrected chi connectivity index (χ0v) is 24.6. The average molecular weight is 611 g/mol. The van der Waals surface area contributed by atoms with Crippen LogP contribution in [0.5, 0.6) is 0 Å². The lowest BCUT2D eigenvalue weighted by Gasteiger charge is -2.33. The number of rotatable bonds is 11. The van der Waals surface area contributed by atoms with E-state index in [1.165, 1.54) is 42.3 Å². The van der Waals surface area contributed by atoms with E-state index in [2.05, 4.69) is 5.32 Å². The van der Waals surface area contributed by atoms with Gasteiger partial charge in [-0.3, -0.25) is 13.9 Å².